The van der Waals surface area contributed by atoms with Crippen LogP contribution in [0.4, 0.5) is 0 Å². The van der Waals surface area contributed by atoms with Gasteiger partial charge in [-0.25, -0.2) is 0 Å². The summed E-state index contributed by atoms with van der Waals surface area (Å²) in [4.78, 5) is 8.06. The number of H-pyrrole nitrogens is 1. The van der Waals surface area contributed by atoms with Crippen molar-refractivity contribution in [2.45, 2.75) is 19.9 Å². The molecule has 1 heterocycles. The maximum absolute atomic E-state index is 5.34. The molecule has 0 unspecified atom stereocenters. The Labute approximate surface area is 159 Å². The Morgan fingerprint density at radius 1 is 1.19 bits per heavy atom. The molecule has 0 atom stereocenters. The Balaban J connectivity index is 1.61. The molecule has 5 heteroatoms. The van der Waals surface area contributed by atoms with Gasteiger partial charge in [0.25, 0.3) is 0 Å². The van der Waals surface area contributed by atoms with E-state index in [-0.39, 0.29) is 0 Å². The molecule has 1 aromatic heterocycles. The molecule has 0 radical (unpaired) electrons. The number of hydrogen-bond donors (Lipinski definition) is 2. The Hall–Kier alpha value is -2.40. The number of fused-ring (bicyclic) bond motifs is 1. The first kappa shape index (κ1) is 18.4. The van der Waals surface area contributed by atoms with Crippen LogP contribution < -0.4 is 10.1 Å². The van der Waals surface area contributed by atoms with Crippen LogP contribution in [0.1, 0.15) is 18.1 Å². The van der Waals surface area contributed by atoms with Crippen molar-refractivity contribution in [2.24, 2.45) is 4.99 Å². The van der Waals surface area contributed by atoms with Crippen LogP contribution in [0.2, 0.25) is 0 Å². The fourth-order valence-corrected chi connectivity index (χ4v) is 3.46. The highest BCUT2D eigenvalue weighted by atomic mass is 32.2. The zero-order chi connectivity index (χ0) is 18.2. The first-order valence-electron chi connectivity index (χ1n) is 8.89. The number of nitrogens with zero attached hydrogens (tertiary/aromatic N) is 1. The molecule has 2 aromatic carbocycles. The van der Waals surface area contributed by atoms with Gasteiger partial charge in [0, 0.05) is 23.6 Å². The van der Waals surface area contributed by atoms with Crippen molar-refractivity contribution >= 4 is 27.8 Å². The summed E-state index contributed by atoms with van der Waals surface area (Å²) in [5.41, 5.74) is 3.66. The van der Waals surface area contributed by atoms with Gasteiger partial charge >= 0.3 is 0 Å². The van der Waals surface area contributed by atoms with Gasteiger partial charge in [-0.2, -0.15) is 0 Å². The van der Waals surface area contributed by atoms with E-state index in [0.29, 0.717) is 6.54 Å². The van der Waals surface area contributed by atoms with E-state index >= 15 is 0 Å². The molecule has 0 saturated carbocycles. The van der Waals surface area contributed by atoms with E-state index in [9.17, 15) is 0 Å². The van der Waals surface area contributed by atoms with Crippen molar-refractivity contribution in [3.8, 4) is 5.75 Å². The van der Waals surface area contributed by atoms with E-state index in [2.05, 4.69) is 59.8 Å². The quantitative estimate of drug-likeness (QED) is 0.473. The smallest absolute Gasteiger partial charge is 0.156 e. The number of amidine groups is 1. The molecule has 0 spiro atoms. The Bertz CT molecular complexity index is 858. The molecule has 3 rings (SSSR count). The predicted molar refractivity (Wildman–Crippen MR) is 112 cm³/mol. The summed E-state index contributed by atoms with van der Waals surface area (Å²) in [7, 11) is 1.70. The number of aromatic nitrogens is 1. The number of thioether (sulfide) groups is 1. The molecule has 4 nitrogen and oxygen atoms in total. The Morgan fingerprint density at radius 2 is 2.04 bits per heavy atom. The van der Waals surface area contributed by atoms with Crippen molar-refractivity contribution in [1.29, 1.82) is 0 Å². The molecule has 3 aromatic rings. The molecular weight excluding hydrogens is 342 g/mol. The maximum Gasteiger partial charge on any atom is 0.156 e. The molecular formula is C21H25N3OS. The fourth-order valence-electron chi connectivity index (χ4n) is 2.83. The molecule has 0 bridgehead atoms. The van der Waals surface area contributed by atoms with E-state index in [1.54, 1.807) is 18.9 Å². The van der Waals surface area contributed by atoms with Crippen LogP contribution in [-0.4, -0.2) is 29.6 Å². The second-order valence-corrected chi connectivity index (χ2v) is 7.19. The summed E-state index contributed by atoms with van der Waals surface area (Å²) in [6, 6.07) is 16.5. The number of methoxy groups -OCH3 is 1. The summed E-state index contributed by atoms with van der Waals surface area (Å²) < 4.78 is 5.34. The third-order valence-electron chi connectivity index (χ3n) is 4.17. The SMILES string of the molecule is CCSC(=NCc1ccccc1)NCCc1c[nH]c2ccc(OC)cc12. The summed E-state index contributed by atoms with van der Waals surface area (Å²) in [5.74, 6) is 1.89. The van der Waals surface area contributed by atoms with Gasteiger partial charge in [0.15, 0.2) is 5.17 Å². The van der Waals surface area contributed by atoms with Crippen molar-refractivity contribution in [3.63, 3.8) is 0 Å². The van der Waals surface area contributed by atoms with Crippen molar-refractivity contribution in [2.75, 3.05) is 19.4 Å². The number of nitrogens with one attached hydrogen (secondary N) is 2. The van der Waals surface area contributed by atoms with Gasteiger partial charge in [-0.05, 0) is 41.5 Å². The number of aromatic amines is 1. The minimum absolute atomic E-state index is 0.709. The number of aliphatic imine (C=N–C) groups is 1. The van der Waals surface area contributed by atoms with E-state index in [1.165, 1.54) is 16.5 Å². The number of benzene rings is 2. The maximum atomic E-state index is 5.34. The van der Waals surface area contributed by atoms with Gasteiger partial charge < -0.3 is 15.0 Å². The van der Waals surface area contributed by atoms with Crippen LogP contribution in [0.15, 0.2) is 59.7 Å². The van der Waals surface area contributed by atoms with Crippen LogP contribution in [0.5, 0.6) is 5.75 Å². The second kappa shape index (κ2) is 9.34. The van der Waals surface area contributed by atoms with Crippen molar-refractivity contribution in [1.82, 2.24) is 10.3 Å². The van der Waals surface area contributed by atoms with E-state index in [1.807, 2.05) is 12.1 Å². The number of rotatable bonds is 7. The summed E-state index contributed by atoms with van der Waals surface area (Å²) >= 11 is 1.75. The van der Waals surface area contributed by atoms with Crippen molar-refractivity contribution in [3.05, 3.63) is 65.9 Å². The average Bonchev–Trinajstić information content (AvgIpc) is 3.09. The fraction of sp³-hybridized carbons (Fsp3) is 0.286. The first-order valence-corrected chi connectivity index (χ1v) is 9.87. The highest BCUT2D eigenvalue weighted by Crippen LogP contribution is 2.23. The Morgan fingerprint density at radius 3 is 2.81 bits per heavy atom. The molecule has 0 amide bonds. The second-order valence-electron chi connectivity index (χ2n) is 5.94. The summed E-state index contributed by atoms with van der Waals surface area (Å²) in [5, 5.41) is 5.72. The predicted octanol–water partition coefficient (Wildman–Crippen LogP) is 4.62. The van der Waals surface area contributed by atoms with Crippen LogP contribution in [-0.2, 0) is 13.0 Å². The number of hydrogen-bond acceptors (Lipinski definition) is 3. The molecule has 0 fully saturated rings. The normalized spacial score (nSPS) is 11.7. The molecule has 0 aliphatic carbocycles. The van der Waals surface area contributed by atoms with Crippen molar-refractivity contribution < 1.29 is 4.74 Å². The van der Waals surface area contributed by atoms with Gasteiger partial charge in [0.05, 0.1) is 13.7 Å². The highest BCUT2D eigenvalue weighted by Gasteiger charge is 2.06. The van der Waals surface area contributed by atoms with Gasteiger partial charge in [0.1, 0.15) is 5.75 Å². The van der Waals surface area contributed by atoms with E-state index in [4.69, 9.17) is 9.73 Å². The molecule has 26 heavy (non-hydrogen) atoms. The summed E-state index contributed by atoms with van der Waals surface area (Å²) in [6.45, 7) is 3.71. The largest absolute Gasteiger partial charge is 0.497 e. The van der Waals surface area contributed by atoms with E-state index in [0.717, 1.165) is 35.2 Å². The lowest BCUT2D eigenvalue weighted by atomic mass is 10.1. The van der Waals surface area contributed by atoms with Gasteiger partial charge in [0.2, 0.25) is 0 Å². The third-order valence-corrected chi connectivity index (χ3v) is 5.01. The monoisotopic (exact) mass is 367 g/mol. The van der Waals surface area contributed by atoms with Gasteiger partial charge in [-0.15, -0.1) is 0 Å². The lowest BCUT2D eigenvalue weighted by Crippen LogP contribution is -2.23. The number of ether oxygens (including phenoxy) is 1. The van der Waals surface area contributed by atoms with Gasteiger partial charge in [-0.3, -0.25) is 4.99 Å². The minimum atomic E-state index is 0.709. The van der Waals surface area contributed by atoms with Crippen LogP contribution in [0.3, 0.4) is 0 Å². The lowest BCUT2D eigenvalue weighted by molar-refractivity contribution is 0.415. The molecule has 136 valence electrons. The molecule has 0 saturated heterocycles. The molecule has 2 N–H and O–H groups in total. The topological polar surface area (TPSA) is 49.4 Å². The summed E-state index contributed by atoms with van der Waals surface area (Å²) in [6.07, 6.45) is 3.02. The zero-order valence-electron chi connectivity index (χ0n) is 15.3. The lowest BCUT2D eigenvalue weighted by Gasteiger charge is -2.09. The highest BCUT2D eigenvalue weighted by molar-refractivity contribution is 8.13. The standard InChI is InChI=1S/C21H25N3OS/c1-3-26-21(24-14-16-7-5-4-6-8-16)22-12-11-17-15-23-20-10-9-18(25-2)13-19(17)20/h4-10,13,15,23H,3,11-12,14H2,1-2H3,(H,22,24). The third kappa shape index (κ3) is 4.82. The van der Waals surface area contributed by atoms with E-state index < -0.39 is 0 Å². The molecule has 0 aliphatic heterocycles. The molecule has 0 aliphatic rings. The van der Waals surface area contributed by atoms with Crippen LogP contribution >= 0.6 is 11.8 Å². The first-order chi connectivity index (χ1) is 12.8. The Kier molecular flexibility index (Phi) is 6.61. The van der Waals surface area contributed by atoms with Crippen LogP contribution in [0, 0.1) is 0 Å². The van der Waals surface area contributed by atoms with Gasteiger partial charge in [-0.1, -0.05) is 49.0 Å². The zero-order valence-corrected chi connectivity index (χ0v) is 16.1. The van der Waals surface area contributed by atoms with Crippen LogP contribution in [0.25, 0.3) is 10.9 Å². The average molecular weight is 368 g/mol. The minimum Gasteiger partial charge on any atom is -0.497 e.